The van der Waals surface area contributed by atoms with Gasteiger partial charge in [0.25, 0.3) is 0 Å². The van der Waals surface area contributed by atoms with Gasteiger partial charge in [-0.1, -0.05) is 6.58 Å². The smallest absolute Gasteiger partial charge is 0.461 e. The van der Waals surface area contributed by atoms with E-state index in [9.17, 15) is 9.59 Å². The van der Waals surface area contributed by atoms with E-state index in [1.54, 1.807) is 33.8 Å². The van der Waals surface area contributed by atoms with Crippen molar-refractivity contribution in [3.8, 4) is 0 Å². The average Bonchev–Trinajstić information content (AvgIpc) is 2.79. The van der Waals surface area contributed by atoms with Crippen LogP contribution in [0.2, 0.25) is 6.32 Å². The fourth-order valence-corrected chi connectivity index (χ4v) is 1.75. The molecule has 0 amide bonds. The number of esters is 2. The largest absolute Gasteiger partial charge is 0.462 e. The summed E-state index contributed by atoms with van der Waals surface area (Å²) in [5.41, 5.74) is 2.58. The highest BCUT2D eigenvalue weighted by Crippen LogP contribution is 2.22. The zero-order valence-electron chi connectivity index (χ0n) is 12.8. The summed E-state index contributed by atoms with van der Waals surface area (Å²) in [5.74, 6) is -1.28. The van der Waals surface area contributed by atoms with E-state index in [1.807, 2.05) is 0 Å². The molecule has 1 aliphatic heterocycles. The third-order valence-corrected chi connectivity index (χ3v) is 2.49. The Balaban J connectivity index is 2.80. The summed E-state index contributed by atoms with van der Waals surface area (Å²) in [7, 11) is -0.728. The van der Waals surface area contributed by atoms with E-state index in [0.29, 0.717) is 6.32 Å². The van der Waals surface area contributed by atoms with Gasteiger partial charge in [-0.25, -0.2) is 9.59 Å². The van der Waals surface area contributed by atoms with Crippen LogP contribution in [0, 0.1) is 0 Å². The predicted octanol–water partition coefficient (Wildman–Crippen LogP) is 1.50. The number of carbonyl (C=O) groups excluding carboxylic acids is 2. The Morgan fingerprint density at radius 3 is 1.90 bits per heavy atom. The van der Waals surface area contributed by atoms with Gasteiger partial charge in [0.2, 0.25) is 0 Å². The summed E-state index contributed by atoms with van der Waals surface area (Å²) >= 11 is 0. The van der Waals surface area contributed by atoms with Crippen molar-refractivity contribution in [2.75, 3.05) is 0 Å². The van der Waals surface area contributed by atoms with Gasteiger partial charge in [0.1, 0.15) is 0 Å². The van der Waals surface area contributed by atoms with Crippen LogP contribution in [0.5, 0.6) is 0 Å². The molecule has 0 saturated carbocycles. The van der Waals surface area contributed by atoms with Crippen LogP contribution in [0.3, 0.4) is 0 Å². The Labute approximate surface area is 125 Å². The van der Waals surface area contributed by atoms with Crippen molar-refractivity contribution < 1.29 is 28.4 Å². The number of ether oxygens (including phenoxy) is 2. The van der Waals surface area contributed by atoms with Crippen LogP contribution < -0.4 is 0 Å². The molecule has 6 nitrogen and oxygen atoms in total. The zero-order chi connectivity index (χ0) is 16.0. The molecule has 1 saturated heterocycles. The molecule has 0 aromatic carbocycles. The summed E-state index contributed by atoms with van der Waals surface area (Å²) < 4.78 is 21.1. The molecular weight excluding hydrogens is 275 g/mol. The summed E-state index contributed by atoms with van der Waals surface area (Å²) in [4.78, 5) is 24.0. The van der Waals surface area contributed by atoms with Crippen LogP contribution in [-0.2, 0) is 28.4 Å². The normalized spacial score (nSPS) is 21.3. The second kappa shape index (κ2) is 8.03. The van der Waals surface area contributed by atoms with Crippen molar-refractivity contribution in [1.29, 1.82) is 0 Å². The number of hydrogen-bond acceptors (Lipinski definition) is 6. The fourth-order valence-electron chi connectivity index (χ4n) is 1.75. The molecular formula is C14H21BO6. The summed E-state index contributed by atoms with van der Waals surface area (Å²) in [6.07, 6.45) is -0.930. The van der Waals surface area contributed by atoms with Gasteiger partial charge in [-0.2, -0.15) is 0 Å². The fraction of sp³-hybridized carbons (Fsp3) is 0.643. The first-order chi connectivity index (χ1) is 9.85. The van der Waals surface area contributed by atoms with Crippen molar-refractivity contribution in [2.45, 2.75) is 58.4 Å². The Morgan fingerprint density at radius 2 is 1.57 bits per heavy atom. The summed E-state index contributed by atoms with van der Waals surface area (Å²) in [5, 5.41) is 0. The van der Waals surface area contributed by atoms with Crippen LogP contribution in [0.1, 0.15) is 27.7 Å². The van der Waals surface area contributed by atoms with Gasteiger partial charge >= 0.3 is 19.1 Å². The number of rotatable bonds is 6. The first-order valence-corrected chi connectivity index (χ1v) is 6.91. The van der Waals surface area contributed by atoms with E-state index in [0.717, 1.165) is 0 Å². The summed E-state index contributed by atoms with van der Waals surface area (Å²) in [6.45, 7) is 10.3. The van der Waals surface area contributed by atoms with Crippen LogP contribution in [0.15, 0.2) is 18.4 Å². The van der Waals surface area contributed by atoms with Gasteiger partial charge in [-0.3, -0.25) is 0 Å². The molecule has 0 aromatic rings. The number of allylic oxidation sites excluding steroid dienone is 1. The molecule has 0 radical (unpaired) electrons. The molecule has 1 heterocycles. The highest BCUT2D eigenvalue weighted by atomic mass is 16.7. The lowest BCUT2D eigenvalue weighted by Crippen LogP contribution is -2.40. The molecule has 0 aromatic heterocycles. The first-order valence-electron chi connectivity index (χ1n) is 6.91. The van der Waals surface area contributed by atoms with Crippen molar-refractivity contribution in [3.05, 3.63) is 18.4 Å². The van der Waals surface area contributed by atoms with E-state index in [-0.39, 0.29) is 12.2 Å². The Morgan fingerprint density at radius 1 is 1.14 bits per heavy atom. The van der Waals surface area contributed by atoms with Crippen LogP contribution in [-0.4, -0.2) is 43.5 Å². The molecule has 7 heteroatoms. The Hall–Kier alpha value is -1.56. The minimum Gasteiger partial charge on any atom is -0.461 e. The molecule has 0 N–H and O–H groups in total. The lowest BCUT2D eigenvalue weighted by Gasteiger charge is -2.18. The molecule has 21 heavy (non-hydrogen) atoms. The van der Waals surface area contributed by atoms with Gasteiger partial charge in [-0.15, -0.1) is 5.73 Å². The molecule has 1 rings (SSSR count). The Kier molecular flexibility index (Phi) is 6.69. The Bertz CT molecular complexity index is 397. The predicted molar refractivity (Wildman–Crippen MR) is 76.5 cm³/mol. The minimum atomic E-state index is -1.12. The standard InChI is InChI=1S/C14H21BO6/c1-6-7-8-15-20-11(13(16)18-9(2)3)12(21-15)14(17)19-10(4)5/h7,9-12H,1,8H2,2-5H3/t11-,12-/m1/s1. The maximum absolute atomic E-state index is 12.0. The lowest BCUT2D eigenvalue weighted by atomic mass is 9.85. The third-order valence-electron chi connectivity index (χ3n) is 2.49. The van der Waals surface area contributed by atoms with Crippen LogP contribution >= 0.6 is 0 Å². The van der Waals surface area contributed by atoms with E-state index < -0.39 is 31.3 Å². The van der Waals surface area contributed by atoms with Gasteiger partial charge in [0.05, 0.1) is 12.2 Å². The first kappa shape index (κ1) is 17.5. The van der Waals surface area contributed by atoms with Crippen LogP contribution in [0.4, 0.5) is 0 Å². The zero-order valence-corrected chi connectivity index (χ0v) is 12.8. The van der Waals surface area contributed by atoms with Crippen molar-refractivity contribution in [2.24, 2.45) is 0 Å². The topological polar surface area (TPSA) is 71.1 Å². The summed E-state index contributed by atoms with van der Waals surface area (Å²) in [6, 6.07) is 0. The molecule has 1 aliphatic rings. The second-order valence-corrected chi connectivity index (χ2v) is 5.16. The van der Waals surface area contributed by atoms with E-state index in [1.165, 1.54) is 0 Å². The molecule has 0 spiro atoms. The van der Waals surface area contributed by atoms with Gasteiger partial charge in [-0.05, 0) is 33.8 Å². The van der Waals surface area contributed by atoms with E-state index in [4.69, 9.17) is 18.8 Å². The van der Waals surface area contributed by atoms with Gasteiger partial charge < -0.3 is 18.8 Å². The van der Waals surface area contributed by atoms with Crippen molar-refractivity contribution in [3.63, 3.8) is 0 Å². The number of hydrogen-bond donors (Lipinski definition) is 0. The highest BCUT2D eigenvalue weighted by molar-refractivity contribution is 6.46. The van der Waals surface area contributed by atoms with Crippen LogP contribution in [0.25, 0.3) is 0 Å². The maximum atomic E-state index is 12.0. The second-order valence-electron chi connectivity index (χ2n) is 5.16. The minimum absolute atomic E-state index is 0.310. The average molecular weight is 296 g/mol. The lowest BCUT2D eigenvalue weighted by molar-refractivity contribution is -0.167. The highest BCUT2D eigenvalue weighted by Gasteiger charge is 2.48. The third kappa shape index (κ3) is 5.38. The molecule has 0 unspecified atom stereocenters. The molecule has 116 valence electrons. The van der Waals surface area contributed by atoms with Crippen molar-refractivity contribution in [1.82, 2.24) is 0 Å². The van der Waals surface area contributed by atoms with E-state index >= 15 is 0 Å². The molecule has 1 fully saturated rings. The SMILES string of the molecule is C=C=CCB1O[C@@H](C(=O)OC(C)C)[C@H](C(=O)OC(C)C)O1. The van der Waals surface area contributed by atoms with Gasteiger partial charge in [0.15, 0.2) is 12.2 Å². The van der Waals surface area contributed by atoms with Crippen molar-refractivity contribution >= 4 is 19.1 Å². The number of carbonyl (C=O) groups is 2. The quantitative estimate of drug-likeness (QED) is 0.420. The monoisotopic (exact) mass is 296 g/mol. The molecule has 2 atom stereocenters. The molecule has 0 aliphatic carbocycles. The van der Waals surface area contributed by atoms with Gasteiger partial charge in [0, 0.05) is 6.32 Å². The maximum Gasteiger partial charge on any atom is 0.462 e. The van der Waals surface area contributed by atoms with E-state index in [2.05, 4.69) is 12.3 Å². The molecule has 0 bridgehead atoms.